The van der Waals surface area contributed by atoms with Crippen LogP contribution in [0.5, 0.6) is 0 Å². The molecule has 0 aliphatic rings. The number of primary amides is 1. The summed E-state index contributed by atoms with van der Waals surface area (Å²) in [6.07, 6.45) is 0. The molecule has 0 saturated heterocycles. The monoisotopic (exact) mass is 498 g/mol. The summed E-state index contributed by atoms with van der Waals surface area (Å²) in [7, 11) is 0. The van der Waals surface area contributed by atoms with Gasteiger partial charge in [0.1, 0.15) is 5.00 Å². The number of thiophene rings is 1. The van der Waals surface area contributed by atoms with Crippen molar-refractivity contribution in [3.8, 4) is 5.69 Å². The third-order valence-corrected chi connectivity index (χ3v) is 7.14. The fraction of sp³-hybridized carbons (Fsp3) is 0.130. The highest BCUT2D eigenvalue weighted by atomic mass is 35.5. The maximum Gasteiger partial charge on any atom is 0.266 e. The van der Waals surface area contributed by atoms with Gasteiger partial charge in [-0.1, -0.05) is 35.5 Å². The van der Waals surface area contributed by atoms with Gasteiger partial charge in [-0.2, -0.15) is 0 Å². The van der Waals surface area contributed by atoms with Gasteiger partial charge in [0.15, 0.2) is 5.16 Å². The fourth-order valence-corrected chi connectivity index (χ4v) is 5.10. The number of rotatable bonds is 6. The lowest BCUT2D eigenvalue weighted by Gasteiger charge is -2.16. The summed E-state index contributed by atoms with van der Waals surface area (Å²) in [5.41, 5.74) is 8.46. The van der Waals surface area contributed by atoms with Crippen LogP contribution in [-0.2, 0) is 4.79 Å². The molecule has 0 fully saturated rings. The second-order valence-corrected chi connectivity index (χ2v) is 9.58. The molecule has 2 aromatic heterocycles. The van der Waals surface area contributed by atoms with Gasteiger partial charge in [-0.05, 0) is 60.7 Å². The number of hydrogen-bond acceptors (Lipinski definition) is 6. The van der Waals surface area contributed by atoms with Gasteiger partial charge in [0.05, 0.1) is 27.9 Å². The Kier molecular flexibility index (Phi) is 6.55. The molecule has 2 heterocycles. The van der Waals surface area contributed by atoms with Crippen molar-refractivity contribution < 1.29 is 9.59 Å². The van der Waals surface area contributed by atoms with E-state index in [4.69, 9.17) is 17.3 Å². The lowest BCUT2D eigenvalue weighted by atomic mass is 10.1. The van der Waals surface area contributed by atoms with Crippen LogP contribution in [0.3, 0.4) is 0 Å². The Morgan fingerprint density at radius 1 is 1.21 bits per heavy atom. The average molecular weight is 499 g/mol. The van der Waals surface area contributed by atoms with Gasteiger partial charge >= 0.3 is 0 Å². The van der Waals surface area contributed by atoms with Crippen molar-refractivity contribution in [2.75, 3.05) is 11.1 Å². The number of carbonyl (C=O) groups is 2. The SMILES string of the molecule is Cc1cccc(-n2c(SCC(=O)Nc3sccc3C(N)=O)nc3cc(Cl)ccc3c2=O)c1C. The minimum atomic E-state index is -0.615. The Balaban J connectivity index is 1.73. The maximum absolute atomic E-state index is 13.5. The zero-order chi connectivity index (χ0) is 23.7. The molecule has 0 radical (unpaired) electrons. The van der Waals surface area contributed by atoms with E-state index in [1.165, 1.54) is 15.9 Å². The van der Waals surface area contributed by atoms with Gasteiger partial charge in [0, 0.05) is 5.02 Å². The van der Waals surface area contributed by atoms with Crippen molar-refractivity contribution in [3.63, 3.8) is 0 Å². The molecule has 0 atom stereocenters. The number of hydrogen-bond donors (Lipinski definition) is 2. The summed E-state index contributed by atoms with van der Waals surface area (Å²) in [6.45, 7) is 3.90. The molecule has 10 heteroatoms. The molecule has 4 rings (SSSR count). The van der Waals surface area contributed by atoms with E-state index < -0.39 is 5.91 Å². The minimum absolute atomic E-state index is 0.0283. The Morgan fingerprint density at radius 3 is 2.76 bits per heavy atom. The number of nitrogens with one attached hydrogen (secondary N) is 1. The first-order valence-corrected chi connectivity index (χ1v) is 12.1. The predicted molar refractivity (Wildman–Crippen MR) is 134 cm³/mol. The van der Waals surface area contributed by atoms with Crippen molar-refractivity contribution in [2.45, 2.75) is 19.0 Å². The number of aromatic nitrogens is 2. The topological polar surface area (TPSA) is 107 Å². The lowest BCUT2D eigenvalue weighted by Crippen LogP contribution is -2.24. The van der Waals surface area contributed by atoms with E-state index in [1.54, 1.807) is 29.6 Å². The lowest BCUT2D eigenvalue weighted by molar-refractivity contribution is -0.113. The Hall–Kier alpha value is -3.14. The highest BCUT2D eigenvalue weighted by Crippen LogP contribution is 2.27. The molecule has 0 saturated carbocycles. The number of fused-ring (bicyclic) bond motifs is 1. The Bertz CT molecular complexity index is 1460. The molecular weight excluding hydrogens is 480 g/mol. The highest BCUT2D eigenvalue weighted by molar-refractivity contribution is 7.99. The van der Waals surface area contributed by atoms with E-state index in [1.807, 2.05) is 32.0 Å². The number of nitrogens with two attached hydrogens (primary N) is 1. The van der Waals surface area contributed by atoms with Gasteiger partial charge in [0.2, 0.25) is 5.91 Å². The third kappa shape index (κ3) is 4.66. The summed E-state index contributed by atoms with van der Waals surface area (Å²) in [5.74, 6) is -0.992. The van der Waals surface area contributed by atoms with Crippen molar-refractivity contribution >= 4 is 62.4 Å². The average Bonchev–Trinajstić information content (AvgIpc) is 3.23. The number of halogens is 1. The number of carbonyl (C=O) groups excluding carboxylic acids is 2. The van der Waals surface area contributed by atoms with Crippen LogP contribution < -0.4 is 16.6 Å². The smallest absolute Gasteiger partial charge is 0.266 e. The summed E-state index contributed by atoms with van der Waals surface area (Å²) >= 11 is 8.45. The van der Waals surface area contributed by atoms with E-state index >= 15 is 0 Å². The Labute approximate surface area is 202 Å². The molecule has 168 valence electrons. The van der Waals surface area contributed by atoms with Gasteiger partial charge in [-0.15, -0.1) is 11.3 Å². The van der Waals surface area contributed by atoms with Gasteiger partial charge in [-0.25, -0.2) is 4.98 Å². The number of amides is 2. The Morgan fingerprint density at radius 2 is 2.00 bits per heavy atom. The van der Waals surface area contributed by atoms with Crippen molar-refractivity contribution in [3.05, 3.63) is 79.9 Å². The molecular formula is C23H19ClN4O3S2. The normalized spacial score (nSPS) is 11.0. The van der Waals surface area contributed by atoms with Crippen LogP contribution in [0.4, 0.5) is 5.00 Å². The molecule has 33 heavy (non-hydrogen) atoms. The van der Waals surface area contributed by atoms with Gasteiger partial charge in [-0.3, -0.25) is 19.0 Å². The molecule has 0 aliphatic heterocycles. The quantitative estimate of drug-likeness (QED) is 0.299. The van der Waals surface area contributed by atoms with Crippen LogP contribution >= 0.6 is 34.7 Å². The van der Waals surface area contributed by atoms with Crippen molar-refractivity contribution in [1.82, 2.24) is 9.55 Å². The second kappa shape index (κ2) is 9.38. The summed E-state index contributed by atoms with van der Waals surface area (Å²) in [6, 6.07) is 12.2. The van der Waals surface area contributed by atoms with Crippen molar-refractivity contribution in [1.29, 1.82) is 0 Å². The number of aryl methyl sites for hydroxylation is 1. The minimum Gasteiger partial charge on any atom is -0.366 e. The fourth-order valence-electron chi connectivity index (χ4n) is 3.32. The molecule has 3 N–H and O–H groups in total. The number of benzene rings is 2. The van der Waals surface area contributed by atoms with Crippen molar-refractivity contribution in [2.24, 2.45) is 5.73 Å². The van der Waals surface area contributed by atoms with Gasteiger partial charge in [0.25, 0.3) is 11.5 Å². The molecule has 0 spiro atoms. The number of nitrogens with zero attached hydrogens (tertiary/aromatic N) is 2. The third-order valence-electron chi connectivity index (χ3n) is 5.13. The first-order chi connectivity index (χ1) is 15.8. The van der Waals surface area contributed by atoms with E-state index in [2.05, 4.69) is 10.3 Å². The largest absolute Gasteiger partial charge is 0.366 e. The van der Waals surface area contributed by atoms with E-state index in [9.17, 15) is 14.4 Å². The molecule has 2 amide bonds. The van der Waals surface area contributed by atoms with E-state index in [0.29, 0.717) is 31.8 Å². The predicted octanol–water partition coefficient (Wildman–Crippen LogP) is 4.55. The molecule has 0 bridgehead atoms. The summed E-state index contributed by atoms with van der Waals surface area (Å²) in [4.78, 5) is 42.2. The second-order valence-electron chi connectivity index (χ2n) is 7.28. The standard InChI is InChI=1S/C23H19ClN4O3S2/c1-12-4-3-5-18(13(12)2)28-22(31)15-7-6-14(24)10-17(15)26-23(28)33-11-19(29)27-21-16(20(25)30)8-9-32-21/h3-10H,11H2,1-2H3,(H2,25,30)(H,27,29). The molecule has 7 nitrogen and oxygen atoms in total. The number of anilines is 1. The van der Waals surface area contributed by atoms with Crippen LogP contribution in [0, 0.1) is 13.8 Å². The van der Waals surface area contributed by atoms with Crippen LogP contribution in [0.15, 0.2) is 57.8 Å². The maximum atomic E-state index is 13.5. The van der Waals surface area contributed by atoms with Crippen LogP contribution in [0.2, 0.25) is 5.02 Å². The highest BCUT2D eigenvalue weighted by Gasteiger charge is 2.18. The molecule has 2 aromatic carbocycles. The zero-order valence-corrected chi connectivity index (χ0v) is 20.1. The summed E-state index contributed by atoms with van der Waals surface area (Å²) < 4.78 is 1.52. The molecule has 0 aliphatic carbocycles. The van der Waals surface area contributed by atoms with Gasteiger partial charge < -0.3 is 11.1 Å². The zero-order valence-electron chi connectivity index (χ0n) is 17.7. The first-order valence-electron chi connectivity index (χ1n) is 9.85. The van der Waals surface area contributed by atoms with Crippen LogP contribution in [0.25, 0.3) is 16.6 Å². The molecule has 4 aromatic rings. The van der Waals surface area contributed by atoms with Crippen LogP contribution in [-0.4, -0.2) is 27.1 Å². The first kappa shape index (κ1) is 23.0. The molecule has 0 unspecified atom stereocenters. The van der Waals surface area contributed by atoms with E-state index in [0.717, 1.165) is 22.9 Å². The summed E-state index contributed by atoms with van der Waals surface area (Å²) in [5, 5.41) is 6.02. The number of thioether (sulfide) groups is 1. The van der Waals surface area contributed by atoms with Crippen LogP contribution in [0.1, 0.15) is 21.5 Å². The van der Waals surface area contributed by atoms with E-state index in [-0.39, 0.29) is 22.8 Å².